The lowest BCUT2D eigenvalue weighted by Crippen LogP contribution is -2.48. The van der Waals surface area contributed by atoms with Gasteiger partial charge in [-0.05, 0) is 33.0 Å². The Bertz CT molecular complexity index is 163. The molecule has 3 heteroatoms. The molecule has 0 aromatic heterocycles. The molecule has 13 heavy (non-hydrogen) atoms. The van der Waals surface area contributed by atoms with Crippen molar-refractivity contribution in [2.24, 2.45) is 0 Å². The van der Waals surface area contributed by atoms with Crippen molar-refractivity contribution < 1.29 is 9.76 Å². The third-order valence-corrected chi connectivity index (χ3v) is 2.18. The molecule has 0 fully saturated rings. The van der Waals surface area contributed by atoms with Gasteiger partial charge in [0.2, 0.25) is 0 Å². The van der Waals surface area contributed by atoms with Gasteiger partial charge < -0.3 is 9.76 Å². The van der Waals surface area contributed by atoms with Crippen molar-refractivity contribution in [3.63, 3.8) is 0 Å². The van der Waals surface area contributed by atoms with Gasteiger partial charge in [0.1, 0.15) is 0 Å². The molecule has 0 aromatic carbocycles. The maximum Gasteiger partial charge on any atom is 0.299 e. The summed E-state index contributed by atoms with van der Waals surface area (Å²) >= 11 is 0. The largest absolute Gasteiger partial charge is 0.432 e. The van der Waals surface area contributed by atoms with Crippen LogP contribution in [0.1, 0.15) is 48.5 Å². The van der Waals surface area contributed by atoms with Crippen LogP contribution in [0.25, 0.3) is 0 Å². The maximum atomic E-state index is 9.80. The van der Waals surface area contributed by atoms with E-state index in [1.54, 1.807) is 21.3 Å². The molecule has 77 valence electrons. The van der Waals surface area contributed by atoms with Crippen molar-refractivity contribution in [2.75, 3.05) is 0 Å². The lowest BCUT2D eigenvalue weighted by Gasteiger charge is -2.39. The SMILES string of the molecule is CC(C)(C)[B]OC(C)(C)C(C)(C)O. The molecule has 0 aliphatic heterocycles. The van der Waals surface area contributed by atoms with E-state index in [0.29, 0.717) is 0 Å². The van der Waals surface area contributed by atoms with Crippen molar-refractivity contribution in [3.05, 3.63) is 0 Å². The normalized spacial score (nSPS) is 14.5. The third kappa shape index (κ3) is 4.68. The molecule has 0 saturated heterocycles. The van der Waals surface area contributed by atoms with Gasteiger partial charge in [-0.15, -0.1) is 0 Å². The van der Waals surface area contributed by atoms with Crippen molar-refractivity contribution in [2.45, 2.75) is 65.0 Å². The summed E-state index contributed by atoms with van der Waals surface area (Å²) in [4.78, 5) is 0. The van der Waals surface area contributed by atoms with Crippen LogP contribution in [-0.2, 0) is 4.65 Å². The molecule has 0 amide bonds. The second-order valence-electron chi connectivity index (χ2n) is 5.67. The van der Waals surface area contributed by atoms with E-state index in [1.807, 2.05) is 13.8 Å². The monoisotopic (exact) mass is 185 g/mol. The number of aliphatic hydroxyl groups is 1. The van der Waals surface area contributed by atoms with Crippen molar-refractivity contribution >= 4 is 7.48 Å². The van der Waals surface area contributed by atoms with Crippen LogP contribution in [-0.4, -0.2) is 23.8 Å². The summed E-state index contributed by atoms with van der Waals surface area (Å²) in [5.41, 5.74) is -1.39. The molecule has 0 heterocycles. The van der Waals surface area contributed by atoms with Crippen LogP contribution in [0.2, 0.25) is 5.31 Å². The highest BCUT2D eigenvalue weighted by atomic mass is 16.5. The Morgan fingerprint density at radius 3 is 1.54 bits per heavy atom. The molecule has 1 N–H and O–H groups in total. The quantitative estimate of drug-likeness (QED) is 0.684. The fourth-order valence-electron chi connectivity index (χ4n) is 0.468. The molecule has 0 saturated carbocycles. The number of hydrogen-bond donors (Lipinski definition) is 1. The molecular weight excluding hydrogens is 163 g/mol. The molecule has 2 nitrogen and oxygen atoms in total. The predicted molar refractivity (Wildman–Crippen MR) is 56.9 cm³/mol. The van der Waals surface area contributed by atoms with Crippen LogP contribution in [0.5, 0.6) is 0 Å². The first-order chi connectivity index (χ1) is 5.46. The highest BCUT2D eigenvalue weighted by Gasteiger charge is 2.36. The molecule has 0 bridgehead atoms. The zero-order chi connectivity index (χ0) is 10.9. The molecular formula is C10H22BO2. The minimum Gasteiger partial charge on any atom is -0.432 e. The average Bonchev–Trinajstić information content (AvgIpc) is 1.79. The summed E-state index contributed by atoms with van der Waals surface area (Å²) in [6, 6.07) is 0. The van der Waals surface area contributed by atoms with E-state index in [2.05, 4.69) is 20.8 Å². The minimum absolute atomic E-state index is 0.0164. The molecule has 1 radical (unpaired) electrons. The molecule has 0 aromatic rings. The van der Waals surface area contributed by atoms with E-state index < -0.39 is 11.2 Å². The molecule has 0 spiro atoms. The van der Waals surface area contributed by atoms with Crippen LogP contribution < -0.4 is 0 Å². The fraction of sp³-hybridized carbons (Fsp3) is 1.00. The van der Waals surface area contributed by atoms with E-state index in [4.69, 9.17) is 4.65 Å². The Morgan fingerprint density at radius 2 is 1.31 bits per heavy atom. The fourth-order valence-corrected chi connectivity index (χ4v) is 0.468. The first-order valence-corrected chi connectivity index (χ1v) is 4.70. The van der Waals surface area contributed by atoms with Crippen molar-refractivity contribution in [1.82, 2.24) is 0 Å². The second-order valence-corrected chi connectivity index (χ2v) is 5.67. The summed E-state index contributed by atoms with van der Waals surface area (Å²) < 4.78 is 5.58. The van der Waals surface area contributed by atoms with Gasteiger partial charge in [-0.2, -0.15) is 0 Å². The molecule has 0 atom stereocenters. The van der Waals surface area contributed by atoms with Crippen LogP contribution in [0.3, 0.4) is 0 Å². The van der Waals surface area contributed by atoms with E-state index in [1.165, 1.54) is 0 Å². The zero-order valence-electron chi connectivity index (χ0n) is 9.93. The topological polar surface area (TPSA) is 29.5 Å². The third-order valence-electron chi connectivity index (χ3n) is 2.18. The van der Waals surface area contributed by atoms with E-state index in [0.717, 1.165) is 0 Å². The Morgan fingerprint density at radius 1 is 0.923 bits per heavy atom. The molecule has 0 unspecified atom stereocenters. The Labute approximate surface area is 83.0 Å². The van der Waals surface area contributed by atoms with Gasteiger partial charge in [0, 0.05) is 0 Å². The average molecular weight is 185 g/mol. The Hall–Kier alpha value is -0.0151. The summed E-state index contributed by atoms with van der Waals surface area (Å²) in [5.74, 6) is 0. The standard InChI is InChI=1S/C10H22BO2/c1-8(2,3)11-13-10(6,7)9(4,5)12/h12H,1-7H3. The van der Waals surface area contributed by atoms with Crippen LogP contribution >= 0.6 is 0 Å². The molecule has 0 rings (SSSR count). The molecule has 0 aliphatic carbocycles. The van der Waals surface area contributed by atoms with E-state index >= 15 is 0 Å². The number of hydrogen-bond acceptors (Lipinski definition) is 2. The first-order valence-electron chi connectivity index (χ1n) is 4.70. The number of rotatable bonds is 3. The smallest absolute Gasteiger partial charge is 0.299 e. The second kappa shape index (κ2) is 3.62. The van der Waals surface area contributed by atoms with Gasteiger partial charge in [0.15, 0.2) is 0 Å². The summed E-state index contributed by atoms with van der Waals surface area (Å²) in [6.45, 7) is 13.5. The summed E-state index contributed by atoms with van der Waals surface area (Å²) in [5, 5.41) is 9.81. The predicted octanol–water partition coefficient (Wildman–Crippen LogP) is 2.39. The van der Waals surface area contributed by atoms with Gasteiger partial charge in [0.25, 0.3) is 7.48 Å². The van der Waals surface area contributed by atoms with Gasteiger partial charge in [-0.3, -0.25) is 0 Å². The lowest BCUT2D eigenvalue weighted by molar-refractivity contribution is -0.0916. The van der Waals surface area contributed by atoms with Crippen LogP contribution in [0, 0.1) is 0 Å². The summed E-state index contributed by atoms with van der Waals surface area (Å²) in [7, 11) is 1.78. The van der Waals surface area contributed by atoms with Gasteiger partial charge in [-0.25, -0.2) is 0 Å². The Kier molecular flexibility index (Phi) is 3.62. The maximum absolute atomic E-state index is 9.80. The van der Waals surface area contributed by atoms with Gasteiger partial charge in [0.05, 0.1) is 11.2 Å². The van der Waals surface area contributed by atoms with Crippen molar-refractivity contribution in [3.8, 4) is 0 Å². The van der Waals surface area contributed by atoms with Crippen molar-refractivity contribution in [1.29, 1.82) is 0 Å². The van der Waals surface area contributed by atoms with Crippen LogP contribution in [0.15, 0.2) is 0 Å². The zero-order valence-corrected chi connectivity index (χ0v) is 9.93. The minimum atomic E-state index is -0.839. The Balaban J connectivity index is 4.21. The first kappa shape index (κ1) is 13.0. The van der Waals surface area contributed by atoms with Gasteiger partial charge in [-0.1, -0.05) is 20.8 Å². The highest BCUT2D eigenvalue weighted by molar-refractivity contribution is 6.31. The summed E-state index contributed by atoms with van der Waals surface area (Å²) in [6.07, 6.45) is 0. The van der Waals surface area contributed by atoms with Crippen LogP contribution in [0.4, 0.5) is 0 Å². The lowest BCUT2D eigenvalue weighted by atomic mass is 9.67. The van der Waals surface area contributed by atoms with Gasteiger partial charge >= 0.3 is 0 Å². The molecule has 0 aliphatic rings. The van der Waals surface area contributed by atoms with E-state index in [9.17, 15) is 5.11 Å². The highest BCUT2D eigenvalue weighted by Crippen LogP contribution is 2.29. The van der Waals surface area contributed by atoms with E-state index in [-0.39, 0.29) is 5.31 Å².